The molecule has 24 heavy (non-hydrogen) atoms. The van der Waals surface area contributed by atoms with Gasteiger partial charge in [0.05, 0.1) is 5.56 Å². The number of pyridine rings is 2. The van der Waals surface area contributed by atoms with Crippen LogP contribution in [0.3, 0.4) is 0 Å². The summed E-state index contributed by atoms with van der Waals surface area (Å²) in [6, 6.07) is 12.5. The summed E-state index contributed by atoms with van der Waals surface area (Å²) in [6.45, 7) is 6.51. The van der Waals surface area contributed by atoms with E-state index in [0.717, 1.165) is 38.9 Å². The van der Waals surface area contributed by atoms with Gasteiger partial charge >= 0.3 is 0 Å². The SMILES string of the molecule is Cc1cnc2c(oc3ccccc32)c1-c1ccc(C(C)C)c[n+]1C. The molecule has 0 aliphatic carbocycles. The molecule has 0 spiro atoms. The molecule has 3 aromatic heterocycles. The Morgan fingerprint density at radius 3 is 2.62 bits per heavy atom. The van der Waals surface area contributed by atoms with Crippen molar-refractivity contribution >= 4 is 22.1 Å². The van der Waals surface area contributed by atoms with E-state index in [2.05, 4.69) is 61.8 Å². The quantitative estimate of drug-likeness (QED) is 0.492. The lowest BCUT2D eigenvalue weighted by Gasteiger charge is -2.08. The molecule has 0 bridgehead atoms. The molecule has 0 radical (unpaired) electrons. The number of rotatable bonds is 2. The normalized spacial score (nSPS) is 11.7. The predicted octanol–water partition coefficient (Wildman–Crippen LogP) is 4.90. The van der Waals surface area contributed by atoms with Crippen LogP contribution in [0.2, 0.25) is 0 Å². The molecular formula is C21H21N2O+. The molecule has 0 fully saturated rings. The first-order chi connectivity index (χ1) is 11.6. The van der Waals surface area contributed by atoms with E-state index in [1.807, 2.05) is 24.4 Å². The number of benzene rings is 1. The summed E-state index contributed by atoms with van der Waals surface area (Å²) in [4.78, 5) is 4.63. The second kappa shape index (κ2) is 5.45. The molecule has 120 valence electrons. The van der Waals surface area contributed by atoms with Crippen molar-refractivity contribution in [3.05, 3.63) is 59.9 Å². The third kappa shape index (κ3) is 2.20. The van der Waals surface area contributed by atoms with E-state index >= 15 is 0 Å². The zero-order valence-electron chi connectivity index (χ0n) is 14.5. The number of hydrogen-bond donors (Lipinski definition) is 0. The molecule has 1 aromatic carbocycles. The van der Waals surface area contributed by atoms with Crippen molar-refractivity contribution in [2.45, 2.75) is 26.7 Å². The highest BCUT2D eigenvalue weighted by Gasteiger charge is 2.21. The molecule has 4 aromatic rings. The summed E-state index contributed by atoms with van der Waals surface area (Å²) < 4.78 is 8.36. The summed E-state index contributed by atoms with van der Waals surface area (Å²) in [6.07, 6.45) is 4.14. The standard InChI is InChI=1S/C21H21N2O/c1-13(2)15-9-10-17(23(4)12-15)19-14(3)11-22-20-16-7-5-6-8-18(16)24-21(19)20/h5-13H,1-4H3/q+1. The van der Waals surface area contributed by atoms with Crippen LogP contribution >= 0.6 is 0 Å². The highest BCUT2D eigenvalue weighted by molar-refractivity contribution is 6.07. The lowest BCUT2D eigenvalue weighted by atomic mass is 10.0. The zero-order valence-corrected chi connectivity index (χ0v) is 14.5. The molecule has 3 heterocycles. The predicted molar refractivity (Wildman–Crippen MR) is 97.0 cm³/mol. The molecule has 0 unspecified atom stereocenters. The topological polar surface area (TPSA) is 29.9 Å². The van der Waals surface area contributed by atoms with Gasteiger partial charge in [0.1, 0.15) is 18.1 Å². The Kier molecular flexibility index (Phi) is 3.38. The van der Waals surface area contributed by atoms with Crippen LogP contribution in [0.4, 0.5) is 0 Å². The zero-order chi connectivity index (χ0) is 16.8. The summed E-state index contributed by atoms with van der Waals surface area (Å²) in [5.41, 5.74) is 7.39. The molecule has 3 nitrogen and oxygen atoms in total. The van der Waals surface area contributed by atoms with E-state index in [4.69, 9.17) is 4.42 Å². The number of furan rings is 1. The summed E-state index contributed by atoms with van der Waals surface area (Å²) >= 11 is 0. The van der Waals surface area contributed by atoms with E-state index < -0.39 is 0 Å². The van der Waals surface area contributed by atoms with Gasteiger partial charge in [-0.25, -0.2) is 4.57 Å². The van der Waals surface area contributed by atoms with E-state index in [1.54, 1.807) is 0 Å². The monoisotopic (exact) mass is 317 g/mol. The van der Waals surface area contributed by atoms with Crippen LogP contribution in [0.1, 0.15) is 30.9 Å². The molecule has 0 saturated heterocycles. The van der Waals surface area contributed by atoms with Crippen LogP contribution in [0.15, 0.2) is 53.2 Å². The lowest BCUT2D eigenvalue weighted by Crippen LogP contribution is -2.31. The van der Waals surface area contributed by atoms with Gasteiger partial charge in [-0.1, -0.05) is 26.0 Å². The number of fused-ring (bicyclic) bond motifs is 3. The molecule has 0 aliphatic rings. The average molecular weight is 317 g/mol. The third-order valence-corrected chi connectivity index (χ3v) is 4.66. The minimum absolute atomic E-state index is 0.509. The van der Waals surface area contributed by atoms with Crippen LogP contribution < -0.4 is 4.57 Å². The molecule has 0 amide bonds. The number of nitrogens with zero attached hydrogens (tertiary/aromatic N) is 2. The van der Waals surface area contributed by atoms with Crippen LogP contribution in [0, 0.1) is 6.92 Å². The van der Waals surface area contributed by atoms with E-state index in [9.17, 15) is 0 Å². The fourth-order valence-electron chi connectivity index (χ4n) is 3.28. The fraction of sp³-hybridized carbons (Fsp3) is 0.238. The Bertz CT molecular complexity index is 1060. The Morgan fingerprint density at radius 2 is 1.88 bits per heavy atom. The van der Waals surface area contributed by atoms with Gasteiger partial charge in [0.15, 0.2) is 11.8 Å². The van der Waals surface area contributed by atoms with Crippen molar-refractivity contribution in [3.8, 4) is 11.3 Å². The maximum absolute atomic E-state index is 6.18. The van der Waals surface area contributed by atoms with Crippen LogP contribution in [0.25, 0.3) is 33.3 Å². The van der Waals surface area contributed by atoms with Crippen molar-refractivity contribution in [1.29, 1.82) is 0 Å². The highest BCUT2D eigenvalue weighted by Crippen LogP contribution is 2.35. The van der Waals surface area contributed by atoms with Gasteiger partial charge in [-0.05, 0) is 36.6 Å². The average Bonchev–Trinajstić information content (AvgIpc) is 2.94. The van der Waals surface area contributed by atoms with Crippen molar-refractivity contribution in [2.75, 3.05) is 0 Å². The Hall–Kier alpha value is -2.68. The van der Waals surface area contributed by atoms with E-state index in [-0.39, 0.29) is 0 Å². The largest absolute Gasteiger partial charge is 0.453 e. The van der Waals surface area contributed by atoms with E-state index in [0.29, 0.717) is 5.92 Å². The first kappa shape index (κ1) is 14.9. The maximum Gasteiger partial charge on any atom is 0.216 e. The first-order valence-electron chi connectivity index (χ1n) is 8.33. The lowest BCUT2D eigenvalue weighted by molar-refractivity contribution is -0.660. The van der Waals surface area contributed by atoms with Crippen molar-refractivity contribution in [1.82, 2.24) is 4.98 Å². The van der Waals surface area contributed by atoms with Gasteiger partial charge < -0.3 is 4.42 Å². The molecule has 0 N–H and O–H groups in total. The Morgan fingerprint density at radius 1 is 1.08 bits per heavy atom. The van der Waals surface area contributed by atoms with Crippen LogP contribution in [-0.2, 0) is 7.05 Å². The summed E-state index contributed by atoms with van der Waals surface area (Å²) in [5.74, 6) is 0.509. The summed E-state index contributed by atoms with van der Waals surface area (Å²) in [5, 5.41) is 1.07. The van der Waals surface area contributed by atoms with Gasteiger partial charge in [-0.15, -0.1) is 0 Å². The molecule has 4 rings (SSSR count). The maximum atomic E-state index is 6.18. The highest BCUT2D eigenvalue weighted by atomic mass is 16.3. The Labute approximate surface area is 141 Å². The number of aromatic nitrogens is 2. The minimum Gasteiger partial charge on any atom is -0.453 e. The van der Waals surface area contributed by atoms with E-state index in [1.165, 1.54) is 5.56 Å². The smallest absolute Gasteiger partial charge is 0.216 e. The molecule has 0 aliphatic heterocycles. The third-order valence-electron chi connectivity index (χ3n) is 4.66. The van der Waals surface area contributed by atoms with Crippen LogP contribution in [-0.4, -0.2) is 4.98 Å². The van der Waals surface area contributed by atoms with Gasteiger partial charge in [0.25, 0.3) is 0 Å². The second-order valence-corrected chi connectivity index (χ2v) is 6.71. The van der Waals surface area contributed by atoms with Gasteiger partial charge in [0, 0.05) is 23.2 Å². The number of hydrogen-bond acceptors (Lipinski definition) is 2. The molecular weight excluding hydrogens is 296 g/mol. The Balaban J connectivity index is 2.04. The molecule has 0 saturated carbocycles. The fourth-order valence-corrected chi connectivity index (χ4v) is 3.28. The number of para-hydroxylation sites is 1. The first-order valence-corrected chi connectivity index (χ1v) is 8.33. The van der Waals surface area contributed by atoms with Crippen molar-refractivity contribution in [2.24, 2.45) is 7.05 Å². The number of aryl methyl sites for hydroxylation is 2. The van der Waals surface area contributed by atoms with Crippen molar-refractivity contribution < 1.29 is 8.98 Å². The van der Waals surface area contributed by atoms with Crippen LogP contribution in [0.5, 0.6) is 0 Å². The van der Waals surface area contributed by atoms with Gasteiger partial charge in [0.2, 0.25) is 5.69 Å². The second-order valence-electron chi connectivity index (χ2n) is 6.71. The van der Waals surface area contributed by atoms with Gasteiger partial charge in [-0.2, -0.15) is 0 Å². The van der Waals surface area contributed by atoms with Crippen molar-refractivity contribution in [3.63, 3.8) is 0 Å². The summed E-state index contributed by atoms with van der Waals surface area (Å²) in [7, 11) is 2.09. The molecule has 0 atom stereocenters. The van der Waals surface area contributed by atoms with Gasteiger partial charge in [-0.3, -0.25) is 4.98 Å². The molecule has 3 heteroatoms. The minimum atomic E-state index is 0.509.